The maximum Gasteiger partial charge on any atom is 0.120 e. The number of benzene rings is 1. The van der Waals surface area contributed by atoms with Crippen LogP contribution in [-0.2, 0) is 5.41 Å². The highest BCUT2D eigenvalue weighted by atomic mass is 127. The van der Waals surface area contributed by atoms with Gasteiger partial charge in [0.05, 0.1) is 6.61 Å². The highest BCUT2D eigenvalue weighted by molar-refractivity contribution is 14.1. The summed E-state index contributed by atoms with van der Waals surface area (Å²) in [5.74, 6) is 0.963. The van der Waals surface area contributed by atoms with Crippen LogP contribution in [0.3, 0.4) is 0 Å². The van der Waals surface area contributed by atoms with Gasteiger partial charge in [0.25, 0.3) is 0 Å². The molecule has 0 radical (unpaired) electrons. The maximum absolute atomic E-state index is 5.45. The third-order valence-corrected chi connectivity index (χ3v) is 2.95. The number of hydrogen-bond donors (Lipinski definition) is 0. The molecular formula is C12H17IO. The molecule has 14 heavy (non-hydrogen) atoms. The van der Waals surface area contributed by atoms with Crippen LogP contribution in [0.1, 0.15) is 33.3 Å². The fraction of sp³-hybridized carbons (Fsp3) is 0.500. The van der Waals surface area contributed by atoms with E-state index >= 15 is 0 Å². The lowest BCUT2D eigenvalue weighted by atomic mass is 9.87. The summed E-state index contributed by atoms with van der Waals surface area (Å²) in [6.45, 7) is 9.41. The Morgan fingerprint density at radius 2 is 1.93 bits per heavy atom. The Morgan fingerprint density at radius 3 is 2.36 bits per heavy atom. The van der Waals surface area contributed by atoms with Gasteiger partial charge in [-0.3, -0.25) is 0 Å². The molecule has 1 nitrogen and oxygen atoms in total. The standard InChI is InChI=1S/C12H17IO/c1-5-14-9-6-7-10(11(13)8-9)12(2,3)4/h6-8H,5H2,1-4H3. The van der Waals surface area contributed by atoms with Crippen LogP contribution in [0.5, 0.6) is 5.75 Å². The Balaban J connectivity index is 3.02. The average molecular weight is 304 g/mol. The molecule has 1 rings (SSSR count). The van der Waals surface area contributed by atoms with Crippen LogP contribution in [0.4, 0.5) is 0 Å². The first-order valence-corrected chi connectivity index (χ1v) is 5.96. The van der Waals surface area contributed by atoms with Gasteiger partial charge < -0.3 is 4.74 Å². The monoisotopic (exact) mass is 304 g/mol. The zero-order chi connectivity index (χ0) is 10.8. The van der Waals surface area contributed by atoms with E-state index in [0.717, 1.165) is 12.4 Å². The zero-order valence-electron chi connectivity index (χ0n) is 9.23. The molecule has 0 N–H and O–H groups in total. The lowest BCUT2D eigenvalue weighted by Crippen LogP contribution is -2.13. The van der Waals surface area contributed by atoms with E-state index in [0.29, 0.717) is 0 Å². The Bertz CT molecular complexity index is 313. The van der Waals surface area contributed by atoms with E-state index in [1.807, 2.05) is 13.0 Å². The SMILES string of the molecule is CCOc1ccc(C(C)(C)C)c(I)c1. The molecule has 0 aromatic heterocycles. The molecule has 0 bridgehead atoms. The smallest absolute Gasteiger partial charge is 0.120 e. The molecule has 0 fully saturated rings. The van der Waals surface area contributed by atoms with E-state index in [4.69, 9.17) is 4.74 Å². The molecule has 0 aliphatic rings. The molecule has 0 spiro atoms. The molecule has 0 unspecified atom stereocenters. The first-order valence-electron chi connectivity index (χ1n) is 4.88. The maximum atomic E-state index is 5.45. The summed E-state index contributed by atoms with van der Waals surface area (Å²) >= 11 is 2.37. The number of halogens is 1. The van der Waals surface area contributed by atoms with E-state index in [9.17, 15) is 0 Å². The van der Waals surface area contributed by atoms with E-state index < -0.39 is 0 Å². The minimum atomic E-state index is 0.210. The summed E-state index contributed by atoms with van der Waals surface area (Å²) < 4.78 is 6.73. The molecule has 0 atom stereocenters. The Hall–Kier alpha value is -0.250. The lowest BCUT2D eigenvalue weighted by molar-refractivity contribution is 0.339. The second-order valence-electron chi connectivity index (χ2n) is 4.32. The molecule has 1 aromatic carbocycles. The first-order chi connectivity index (χ1) is 6.45. The Morgan fingerprint density at radius 1 is 1.29 bits per heavy atom. The van der Waals surface area contributed by atoms with E-state index in [1.54, 1.807) is 0 Å². The van der Waals surface area contributed by atoms with Gasteiger partial charge in [-0.25, -0.2) is 0 Å². The molecule has 2 heteroatoms. The highest BCUT2D eigenvalue weighted by Crippen LogP contribution is 2.29. The largest absolute Gasteiger partial charge is 0.494 e. The van der Waals surface area contributed by atoms with Crippen molar-refractivity contribution in [3.8, 4) is 5.75 Å². The average Bonchev–Trinajstić information content (AvgIpc) is 2.02. The highest BCUT2D eigenvalue weighted by Gasteiger charge is 2.16. The second kappa shape index (κ2) is 4.51. The Labute approximate surface area is 100.0 Å². The van der Waals surface area contributed by atoms with Crippen LogP contribution in [-0.4, -0.2) is 6.61 Å². The van der Waals surface area contributed by atoms with Gasteiger partial charge in [0.2, 0.25) is 0 Å². The summed E-state index contributed by atoms with van der Waals surface area (Å²) in [4.78, 5) is 0. The predicted molar refractivity (Wildman–Crippen MR) is 69.0 cm³/mol. The molecule has 0 saturated carbocycles. The summed E-state index contributed by atoms with van der Waals surface area (Å²) in [7, 11) is 0. The lowest BCUT2D eigenvalue weighted by Gasteiger charge is -2.21. The van der Waals surface area contributed by atoms with Crippen LogP contribution in [0.2, 0.25) is 0 Å². The molecule has 0 aliphatic carbocycles. The summed E-state index contributed by atoms with van der Waals surface area (Å²) in [5, 5.41) is 0. The third kappa shape index (κ3) is 2.87. The van der Waals surface area contributed by atoms with Crippen LogP contribution in [0, 0.1) is 3.57 Å². The van der Waals surface area contributed by atoms with Crippen molar-refractivity contribution >= 4 is 22.6 Å². The Kier molecular flexibility index (Phi) is 3.81. The van der Waals surface area contributed by atoms with Gasteiger partial charge in [0.15, 0.2) is 0 Å². The van der Waals surface area contributed by atoms with Gasteiger partial charge in [-0.1, -0.05) is 26.8 Å². The topological polar surface area (TPSA) is 9.23 Å². The molecule has 78 valence electrons. The van der Waals surface area contributed by atoms with Gasteiger partial charge in [-0.05, 0) is 52.6 Å². The minimum Gasteiger partial charge on any atom is -0.494 e. The van der Waals surface area contributed by atoms with Crippen molar-refractivity contribution in [2.24, 2.45) is 0 Å². The van der Waals surface area contributed by atoms with Crippen molar-refractivity contribution in [1.82, 2.24) is 0 Å². The van der Waals surface area contributed by atoms with Crippen LogP contribution in [0.15, 0.2) is 18.2 Å². The van der Waals surface area contributed by atoms with Crippen LogP contribution in [0.25, 0.3) is 0 Å². The van der Waals surface area contributed by atoms with E-state index in [2.05, 4.69) is 55.5 Å². The van der Waals surface area contributed by atoms with Gasteiger partial charge in [0, 0.05) is 3.57 Å². The molecular weight excluding hydrogens is 287 g/mol. The van der Waals surface area contributed by atoms with Crippen molar-refractivity contribution < 1.29 is 4.74 Å². The molecule has 0 heterocycles. The van der Waals surface area contributed by atoms with Crippen molar-refractivity contribution in [1.29, 1.82) is 0 Å². The van der Waals surface area contributed by atoms with Crippen LogP contribution >= 0.6 is 22.6 Å². The number of ether oxygens (including phenoxy) is 1. The molecule has 0 saturated heterocycles. The molecule has 0 aliphatic heterocycles. The van der Waals surface area contributed by atoms with Gasteiger partial charge >= 0.3 is 0 Å². The van der Waals surface area contributed by atoms with Gasteiger partial charge in [-0.2, -0.15) is 0 Å². The fourth-order valence-electron chi connectivity index (χ4n) is 1.36. The fourth-order valence-corrected chi connectivity index (χ4v) is 2.66. The quantitative estimate of drug-likeness (QED) is 0.751. The van der Waals surface area contributed by atoms with Gasteiger partial charge in [0.1, 0.15) is 5.75 Å². The third-order valence-electron chi connectivity index (χ3n) is 2.06. The summed E-state index contributed by atoms with van der Waals surface area (Å²) in [5.41, 5.74) is 1.59. The molecule has 1 aromatic rings. The first kappa shape index (κ1) is 11.8. The number of rotatable bonds is 2. The summed E-state index contributed by atoms with van der Waals surface area (Å²) in [6, 6.07) is 6.31. The predicted octanol–water partition coefficient (Wildman–Crippen LogP) is 3.99. The number of hydrogen-bond acceptors (Lipinski definition) is 1. The molecule has 0 amide bonds. The van der Waals surface area contributed by atoms with Crippen molar-refractivity contribution in [3.63, 3.8) is 0 Å². The van der Waals surface area contributed by atoms with E-state index in [1.165, 1.54) is 9.13 Å². The van der Waals surface area contributed by atoms with Crippen molar-refractivity contribution in [2.75, 3.05) is 6.61 Å². The van der Waals surface area contributed by atoms with Crippen molar-refractivity contribution in [2.45, 2.75) is 33.1 Å². The second-order valence-corrected chi connectivity index (χ2v) is 5.49. The summed E-state index contributed by atoms with van der Waals surface area (Å²) in [6.07, 6.45) is 0. The normalized spacial score (nSPS) is 11.5. The van der Waals surface area contributed by atoms with Gasteiger partial charge in [-0.15, -0.1) is 0 Å². The zero-order valence-corrected chi connectivity index (χ0v) is 11.4. The minimum absolute atomic E-state index is 0.210. The van der Waals surface area contributed by atoms with E-state index in [-0.39, 0.29) is 5.41 Å². The van der Waals surface area contributed by atoms with Crippen molar-refractivity contribution in [3.05, 3.63) is 27.3 Å². The van der Waals surface area contributed by atoms with Crippen LogP contribution < -0.4 is 4.74 Å².